The molecule has 1 heterocycles. The van der Waals surface area contributed by atoms with Crippen molar-refractivity contribution in [3.63, 3.8) is 0 Å². The monoisotopic (exact) mass is 266 g/mol. The molecule has 0 unspecified atom stereocenters. The van der Waals surface area contributed by atoms with E-state index in [0.717, 1.165) is 0 Å². The van der Waals surface area contributed by atoms with Crippen LogP contribution in [-0.2, 0) is 5.92 Å². The van der Waals surface area contributed by atoms with Crippen LogP contribution >= 0.6 is 15.9 Å². The first kappa shape index (κ1) is 11.3. The quantitative estimate of drug-likeness (QED) is 0.909. The maximum absolute atomic E-state index is 13.3. The van der Waals surface area contributed by atoms with Crippen molar-refractivity contribution in [2.75, 3.05) is 13.7 Å². The first-order chi connectivity index (χ1) is 6.53. The third kappa shape index (κ3) is 2.01. The van der Waals surface area contributed by atoms with Gasteiger partial charge in [-0.2, -0.15) is 8.78 Å². The molecular formula is C8H9BrF2N2O. The van der Waals surface area contributed by atoms with Crippen LogP contribution in [0, 0.1) is 0 Å². The highest BCUT2D eigenvalue weighted by Crippen LogP contribution is 2.38. The van der Waals surface area contributed by atoms with Gasteiger partial charge < -0.3 is 10.5 Å². The number of rotatable bonds is 3. The molecule has 0 fully saturated rings. The number of aromatic nitrogens is 1. The van der Waals surface area contributed by atoms with Gasteiger partial charge in [0.05, 0.1) is 25.4 Å². The molecule has 0 atom stereocenters. The van der Waals surface area contributed by atoms with E-state index in [1.54, 1.807) is 0 Å². The molecule has 1 aromatic rings. The van der Waals surface area contributed by atoms with Crippen molar-refractivity contribution >= 4 is 15.9 Å². The molecule has 0 bridgehead atoms. The van der Waals surface area contributed by atoms with Gasteiger partial charge in [-0.15, -0.1) is 0 Å². The van der Waals surface area contributed by atoms with Crippen molar-refractivity contribution in [3.05, 3.63) is 22.4 Å². The molecule has 0 aliphatic heterocycles. The summed E-state index contributed by atoms with van der Waals surface area (Å²) in [6.07, 6.45) is 2.51. The minimum Gasteiger partial charge on any atom is -0.495 e. The van der Waals surface area contributed by atoms with Gasteiger partial charge in [-0.1, -0.05) is 0 Å². The van der Waals surface area contributed by atoms with E-state index in [2.05, 4.69) is 20.9 Å². The van der Waals surface area contributed by atoms with E-state index in [4.69, 9.17) is 10.5 Å². The lowest BCUT2D eigenvalue weighted by Gasteiger charge is -2.18. The lowest BCUT2D eigenvalue weighted by molar-refractivity contribution is 0.00280. The van der Waals surface area contributed by atoms with Crippen LogP contribution in [0.5, 0.6) is 5.75 Å². The Morgan fingerprint density at radius 2 is 2.21 bits per heavy atom. The molecule has 1 aromatic heterocycles. The fourth-order valence-electron chi connectivity index (χ4n) is 1.03. The zero-order valence-electron chi connectivity index (χ0n) is 7.43. The first-order valence-electron chi connectivity index (χ1n) is 3.78. The van der Waals surface area contributed by atoms with Crippen molar-refractivity contribution in [3.8, 4) is 5.75 Å². The van der Waals surface area contributed by atoms with Crippen molar-refractivity contribution < 1.29 is 13.5 Å². The van der Waals surface area contributed by atoms with Gasteiger partial charge in [0.15, 0.2) is 0 Å². The van der Waals surface area contributed by atoms with Crippen molar-refractivity contribution in [2.24, 2.45) is 5.73 Å². The minimum atomic E-state index is -3.12. The summed E-state index contributed by atoms with van der Waals surface area (Å²) in [5, 5.41) is 0. The Bertz CT molecular complexity index is 333. The van der Waals surface area contributed by atoms with Crippen LogP contribution in [0.4, 0.5) is 8.78 Å². The Labute approximate surface area is 88.4 Å². The van der Waals surface area contributed by atoms with E-state index in [0.29, 0.717) is 0 Å². The third-order valence-electron chi connectivity index (χ3n) is 1.71. The Balaban J connectivity index is 3.30. The summed E-state index contributed by atoms with van der Waals surface area (Å²) in [6, 6.07) is 0. The zero-order valence-corrected chi connectivity index (χ0v) is 9.01. The summed E-state index contributed by atoms with van der Waals surface area (Å²) in [5.74, 6) is -3.09. The molecule has 0 aromatic carbocycles. The summed E-state index contributed by atoms with van der Waals surface area (Å²) in [7, 11) is 1.31. The summed E-state index contributed by atoms with van der Waals surface area (Å²) in [4.78, 5) is 3.72. The second-order valence-corrected chi connectivity index (χ2v) is 3.46. The van der Waals surface area contributed by atoms with Crippen LogP contribution in [0.25, 0.3) is 0 Å². The third-order valence-corrected chi connectivity index (χ3v) is 2.31. The number of halogens is 3. The highest BCUT2D eigenvalue weighted by Gasteiger charge is 2.35. The molecule has 2 N–H and O–H groups in total. The predicted molar refractivity (Wildman–Crippen MR) is 51.4 cm³/mol. The zero-order chi connectivity index (χ0) is 10.8. The summed E-state index contributed by atoms with van der Waals surface area (Å²) in [6.45, 7) is -0.772. The fourth-order valence-corrected chi connectivity index (χ4v) is 1.63. The van der Waals surface area contributed by atoms with Gasteiger partial charge in [0.1, 0.15) is 5.75 Å². The van der Waals surface area contributed by atoms with E-state index < -0.39 is 12.5 Å². The molecule has 0 spiro atoms. The van der Waals surface area contributed by atoms with Crippen LogP contribution in [0.2, 0.25) is 0 Å². The number of alkyl halides is 2. The molecule has 78 valence electrons. The molecule has 0 amide bonds. The Morgan fingerprint density at radius 3 is 2.71 bits per heavy atom. The van der Waals surface area contributed by atoms with Gasteiger partial charge in [0, 0.05) is 10.7 Å². The van der Waals surface area contributed by atoms with Gasteiger partial charge >= 0.3 is 0 Å². The van der Waals surface area contributed by atoms with E-state index in [-0.39, 0.29) is 15.8 Å². The second-order valence-electron chi connectivity index (χ2n) is 2.61. The molecular weight excluding hydrogens is 258 g/mol. The Hall–Kier alpha value is -0.750. The topological polar surface area (TPSA) is 48.1 Å². The average Bonchev–Trinajstić information content (AvgIpc) is 2.17. The minimum absolute atomic E-state index is 0.0230. The van der Waals surface area contributed by atoms with E-state index >= 15 is 0 Å². The highest BCUT2D eigenvalue weighted by molar-refractivity contribution is 9.10. The van der Waals surface area contributed by atoms with Gasteiger partial charge in [-0.05, 0) is 15.9 Å². The molecule has 0 aliphatic rings. The lowest BCUT2D eigenvalue weighted by Crippen LogP contribution is -2.26. The fraction of sp³-hybridized carbons (Fsp3) is 0.375. The maximum atomic E-state index is 13.3. The van der Waals surface area contributed by atoms with Crippen LogP contribution in [-0.4, -0.2) is 18.6 Å². The van der Waals surface area contributed by atoms with Gasteiger partial charge in [0.25, 0.3) is 5.92 Å². The molecule has 14 heavy (non-hydrogen) atoms. The Morgan fingerprint density at radius 1 is 1.57 bits per heavy atom. The lowest BCUT2D eigenvalue weighted by atomic mass is 10.1. The van der Waals surface area contributed by atoms with Crippen molar-refractivity contribution in [1.82, 2.24) is 4.98 Å². The van der Waals surface area contributed by atoms with Crippen molar-refractivity contribution in [1.29, 1.82) is 0 Å². The largest absolute Gasteiger partial charge is 0.495 e. The van der Waals surface area contributed by atoms with Gasteiger partial charge in [-0.3, -0.25) is 4.98 Å². The number of methoxy groups -OCH3 is 1. The molecule has 0 saturated heterocycles. The van der Waals surface area contributed by atoms with Gasteiger partial charge in [0.2, 0.25) is 0 Å². The smallest absolute Gasteiger partial charge is 0.289 e. The normalized spacial score (nSPS) is 11.5. The number of nitrogens with two attached hydrogens (primary N) is 1. The molecule has 3 nitrogen and oxygen atoms in total. The summed E-state index contributed by atoms with van der Waals surface area (Å²) < 4.78 is 31.6. The average molecular weight is 267 g/mol. The van der Waals surface area contributed by atoms with Crippen molar-refractivity contribution in [2.45, 2.75) is 5.92 Å². The summed E-state index contributed by atoms with van der Waals surface area (Å²) >= 11 is 2.99. The maximum Gasteiger partial charge on any atom is 0.289 e. The SMILES string of the molecule is COc1cncc(Br)c1C(F)(F)CN. The number of nitrogens with zero attached hydrogens (tertiary/aromatic N) is 1. The van der Waals surface area contributed by atoms with Crippen LogP contribution < -0.4 is 10.5 Å². The molecule has 1 rings (SSSR count). The van der Waals surface area contributed by atoms with E-state index in [1.165, 1.54) is 19.5 Å². The molecule has 0 saturated carbocycles. The van der Waals surface area contributed by atoms with E-state index in [9.17, 15) is 8.78 Å². The second kappa shape index (κ2) is 4.18. The standard InChI is InChI=1S/C8H9BrF2N2O/c1-14-6-3-13-2-5(9)7(6)8(10,11)4-12/h2-3H,4,12H2,1H3. The number of hydrogen-bond acceptors (Lipinski definition) is 3. The van der Waals surface area contributed by atoms with E-state index in [1.807, 2.05) is 0 Å². The van der Waals surface area contributed by atoms with Gasteiger partial charge in [-0.25, -0.2) is 0 Å². The highest BCUT2D eigenvalue weighted by atomic mass is 79.9. The van der Waals surface area contributed by atoms with Crippen LogP contribution in [0.15, 0.2) is 16.9 Å². The summed E-state index contributed by atoms with van der Waals surface area (Å²) in [5.41, 5.74) is 4.72. The molecule has 0 aliphatic carbocycles. The number of pyridine rings is 1. The number of ether oxygens (including phenoxy) is 1. The number of hydrogen-bond donors (Lipinski definition) is 1. The Kier molecular flexibility index (Phi) is 3.38. The predicted octanol–water partition coefficient (Wildman–Crippen LogP) is 1.90. The van der Waals surface area contributed by atoms with Crippen LogP contribution in [0.1, 0.15) is 5.56 Å². The molecule has 0 radical (unpaired) electrons. The molecule has 6 heteroatoms. The first-order valence-corrected chi connectivity index (χ1v) is 4.58. The van der Waals surface area contributed by atoms with Crippen LogP contribution in [0.3, 0.4) is 0 Å².